The van der Waals surface area contributed by atoms with Gasteiger partial charge in [0.05, 0.1) is 0 Å². The van der Waals surface area contributed by atoms with Gasteiger partial charge in [-0.15, -0.1) is 0 Å². The zero-order chi connectivity index (χ0) is 14.3. The fourth-order valence-corrected chi connectivity index (χ4v) is 1.83. The minimum absolute atomic E-state index is 0.0130. The Bertz CT molecular complexity index is 444. The van der Waals surface area contributed by atoms with E-state index in [0.29, 0.717) is 26.1 Å². The van der Waals surface area contributed by atoms with Gasteiger partial charge < -0.3 is 10.2 Å². The zero-order valence-corrected chi connectivity index (χ0v) is 11.9. The average molecular weight is 262 g/mol. The summed E-state index contributed by atoms with van der Waals surface area (Å²) in [5.41, 5.74) is 2.29. The van der Waals surface area contributed by atoms with Gasteiger partial charge in [0, 0.05) is 33.0 Å². The Kier molecular flexibility index (Phi) is 6.06. The van der Waals surface area contributed by atoms with Crippen molar-refractivity contribution in [2.24, 2.45) is 0 Å². The van der Waals surface area contributed by atoms with Crippen LogP contribution in [0.5, 0.6) is 0 Å². The topological polar surface area (TPSA) is 49.4 Å². The van der Waals surface area contributed by atoms with Gasteiger partial charge in [0.25, 0.3) is 0 Å². The zero-order valence-electron chi connectivity index (χ0n) is 11.9. The number of amides is 2. The minimum atomic E-state index is 0.0130. The Morgan fingerprint density at radius 2 is 2.05 bits per heavy atom. The van der Waals surface area contributed by atoms with E-state index in [4.69, 9.17) is 0 Å². The Labute approximate surface area is 114 Å². The van der Waals surface area contributed by atoms with E-state index < -0.39 is 0 Å². The van der Waals surface area contributed by atoms with Crippen molar-refractivity contribution >= 4 is 11.8 Å². The van der Waals surface area contributed by atoms with Crippen LogP contribution < -0.4 is 5.32 Å². The van der Waals surface area contributed by atoms with Crippen molar-refractivity contribution in [3.63, 3.8) is 0 Å². The molecule has 0 aliphatic rings. The smallest absolute Gasteiger partial charge is 0.219 e. The van der Waals surface area contributed by atoms with Crippen molar-refractivity contribution in [2.45, 2.75) is 33.7 Å². The quantitative estimate of drug-likeness (QED) is 0.851. The largest absolute Gasteiger partial charge is 0.354 e. The first-order valence-electron chi connectivity index (χ1n) is 6.60. The van der Waals surface area contributed by atoms with E-state index in [1.165, 1.54) is 5.56 Å². The molecule has 0 fully saturated rings. The molecular weight excluding hydrogens is 240 g/mol. The van der Waals surface area contributed by atoms with Gasteiger partial charge in [0.15, 0.2) is 0 Å². The van der Waals surface area contributed by atoms with Gasteiger partial charge in [0.2, 0.25) is 11.8 Å². The average Bonchev–Trinajstić information content (AvgIpc) is 2.37. The van der Waals surface area contributed by atoms with Gasteiger partial charge in [-0.1, -0.05) is 36.8 Å². The van der Waals surface area contributed by atoms with E-state index in [0.717, 1.165) is 5.56 Å². The first-order chi connectivity index (χ1) is 9.02. The fraction of sp³-hybridized carbons (Fsp3) is 0.467. The highest BCUT2D eigenvalue weighted by Crippen LogP contribution is 2.07. The lowest BCUT2D eigenvalue weighted by atomic mass is 10.1. The predicted octanol–water partition coefficient (Wildman–Crippen LogP) is 1.87. The van der Waals surface area contributed by atoms with Crippen molar-refractivity contribution < 1.29 is 9.59 Å². The number of nitrogens with zero attached hydrogens (tertiary/aromatic N) is 1. The summed E-state index contributed by atoms with van der Waals surface area (Å²) in [6.45, 7) is 7.01. The summed E-state index contributed by atoms with van der Waals surface area (Å²) < 4.78 is 0. The highest BCUT2D eigenvalue weighted by atomic mass is 16.2. The lowest BCUT2D eigenvalue weighted by Gasteiger charge is -2.21. The van der Waals surface area contributed by atoms with Crippen molar-refractivity contribution in [3.05, 3.63) is 35.4 Å². The van der Waals surface area contributed by atoms with Crippen molar-refractivity contribution in [3.8, 4) is 0 Å². The number of nitrogens with one attached hydrogen (secondary N) is 1. The van der Waals surface area contributed by atoms with Gasteiger partial charge in [0.1, 0.15) is 0 Å². The molecule has 0 heterocycles. The second-order valence-corrected chi connectivity index (χ2v) is 4.63. The van der Waals surface area contributed by atoms with Crippen LogP contribution in [0.1, 0.15) is 31.4 Å². The van der Waals surface area contributed by atoms with Gasteiger partial charge in [-0.05, 0) is 12.5 Å². The third kappa shape index (κ3) is 5.55. The normalized spacial score (nSPS) is 10.1. The molecule has 0 aromatic heterocycles. The number of aryl methyl sites for hydroxylation is 1. The summed E-state index contributed by atoms with van der Waals surface area (Å²) in [5, 5.41) is 2.78. The lowest BCUT2D eigenvalue weighted by molar-refractivity contribution is -0.130. The van der Waals surface area contributed by atoms with Gasteiger partial charge >= 0.3 is 0 Å². The molecule has 0 aliphatic heterocycles. The molecule has 1 N–H and O–H groups in total. The van der Waals surface area contributed by atoms with Crippen LogP contribution in [0.4, 0.5) is 0 Å². The molecule has 0 saturated heterocycles. The van der Waals surface area contributed by atoms with Crippen LogP contribution in [0.3, 0.4) is 0 Å². The highest BCUT2D eigenvalue weighted by molar-refractivity contribution is 5.76. The molecule has 0 saturated carbocycles. The minimum Gasteiger partial charge on any atom is -0.354 e. The lowest BCUT2D eigenvalue weighted by Crippen LogP contribution is -2.36. The molecule has 0 bridgehead atoms. The SMILES string of the molecule is CCC(=O)NCCN(Cc1cccc(C)c1)C(C)=O. The number of hydrogen-bond donors (Lipinski definition) is 1. The summed E-state index contributed by atoms with van der Waals surface area (Å²) in [4.78, 5) is 24.5. The van der Waals surface area contributed by atoms with Crippen LogP contribution in [0, 0.1) is 6.92 Å². The molecule has 1 aromatic carbocycles. The molecule has 0 spiro atoms. The Hall–Kier alpha value is -1.84. The van der Waals surface area contributed by atoms with E-state index in [2.05, 4.69) is 11.4 Å². The van der Waals surface area contributed by atoms with E-state index in [1.54, 1.807) is 11.8 Å². The maximum Gasteiger partial charge on any atom is 0.219 e. The van der Waals surface area contributed by atoms with Crippen molar-refractivity contribution in [1.29, 1.82) is 0 Å². The molecule has 0 aliphatic carbocycles. The van der Waals surface area contributed by atoms with E-state index in [1.807, 2.05) is 32.0 Å². The predicted molar refractivity (Wildman–Crippen MR) is 75.6 cm³/mol. The Morgan fingerprint density at radius 1 is 1.32 bits per heavy atom. The highest BCUT2D eigenvalue weighted by Gasteiger charge is 2.09. The molecule has 4 heteroatoms. The molecule has 0 unspecified atom stereocenters. The van der Waals surface area contributed by atoms with E-state index in [-0.39, 0.29) is 11.8 Å². The van der Waals surface area contributed by atoms with Crippen molar-refractivity contribution in [1.82, 2.24) is 10.2 Å². The second kappa shape index (κ2) is 7.56. The van der Waals surface area contributed by atoms with Crippen LogP contribution in [-0.4, -0.2) is 29.8 Å². The van der Waals surface area contributed by atoms with Crippen LogP contribution in [0.2, 0.25) is 0 Å². The number of benzene rings is 1. The standard InChI is InChI=1S/C15H22N2O2/c1-4-15(19)16-8-9-17(13(3)18)11-14-7-5-6-12(2)10-14/h5-7,10H,4,8-9,11H2,1-3H3,(H,16,19). The van der Waals surface area contributed by atoms with Crippen LogP contribution in [-0.2, 0) is 16.1 Å². The van der Waals surface area contributed by atoms with Gasteiger partial charge in [-0.2, -0.15) is 0 Å². The van der Waals surface area contributed by atoms with E-state index >= 15 is 0 Å². The summed E-state index contributed by atoms with van der Waals surface area (Å²) in [7, 11) is 0. The summed E-state index contributed by atoms with van der Waals surface area (Å²) in [6.07, 6.45) is 0.470. The fourth-order valence-electron chi connectivity index (χ4n) is 1.83. The number of carbonyl (C=O) groups excluding carboxylic acids is 2. The third-order valence-corrected chi connectivity index (χ3v) is 2.93. The van der Waals surface area contributed by atoms with E-state index in [9.17, 15) is 9.59 Å². The van der Waals surface area contributed by atoms with Crippen LogP contribution >= 0.6 is 0 Å². The second-order valence-electron chi connectivity index (χ2n) is 4.63. The number of rotatable bonds is 6. The first-order valence-corrected chi connectivity index (χ1v) is 6.60. The first kappa shape index (κ1) is 15.2. The summed E-state index contributed by atoms with van der Waals surface area (Å²) in [5.74, 6) is 0.0336. The summed E-state index contributed by atoms with van der Waals surface area (Å²) in [6, 6.07) is 8.10. The summed E-state index contributed by atoms with van der Waals surface area (Å²) >= 11 is 0. The van der Waals surface area contributed by atoms with Gasteiger partial charge in [-0.3, -0.25) is 9.59 Å². The van der Waals surface area contributed by atoms with Crippen LogP contribution in [0.25, 0.3) is 0 Å². The monoisotopic (exact) mass is 262 g/mol. The molecular formula is C15H22N2O2. The molecule has 0 atom stereocenters. The molecule has 1 rings (SSSR count). The van der Waals surface area contributed by atoms with Gasteiger partial charge in [-0.25, -0.2) is 0 Å². The Morgan fingerprint density at radius 3 is 2.63 bits per heavy atom. The maximum absolute atomic E-state index is 11.6. The molecule has 19 heavy (non-hydrogen) atoms. The van der Waals surface area contributed by atoms with Crippen molar-refractivity contribution in [2.75, 3.05) is 13.1 Å². The Balaban J connectivity index is 2.53. The number of carbonyl (C=O) groups is 2. The molecule has 104 valence electrons. The number of hydrogen-bond acceptors (Lipinski definition) is 2. The molecule has 0 radical (unpaired) electrons. The molecule has 2 amide bonds. The molecule has 1 aromatic rings. The van der Waals surface area contributed by atoms with Crippen LogP contribution in [0.15, 0.2) is 24.3 Å². The molecule has 4 nitrogen and oxygen atoms in total. The maximum atomic E-state index is 11.6. The third-order valence-electron chi connectivity index (χ3n) is 2.93.